The number of halogens is 2. The Morgan fingerprint density at radius 3 is 2.52 bits per heavy atom. The van der Waals surface area contributed by atoms with Crippen molar-refractivity contribution in [1.29, 1.82) is 0 Å². The summed E-state index contributed by atoms with van der Waals surface area (Å²) >= 11 is 4.49. The SMILES string of the molecule is COc1cccc(/C=C2\N=C(c3ccc(I)cc3)OC2=O)c1OCc1cccc(I)c1. The minimum absolute atomic E-state index is 0.209. The molecule has 0 spiro atoms. The highest BCUT2D eigenvalue weighted by atomic mass is 127. The van der Waals surface area contributed by atoms with Gasteiger partial charge in [-0.15, -0.1) is 0 Å². The number of esters is 1. The second-order valence-electron chi connectivity index (χ2n) is 6.64. The number of cyclic esters (lactones) is 1. The molecule has 31 heavy (non-hydrogen) atoms. The molecule has 0 bridgehead atoms. The average Bonchev–Trinajstić information content (AvgIpc) is 3.13. The van der Waals surface area contributed by atoms with Crippen LogP contribution in [-0.2, 0) is 16.1 Å². The van der Waals surface area contributed by atoms with Gasteiger partial charge < -0.3 is 14.2 Å². The Morgan fingerprint density at radius 2 is 1.77 bits per heavy atom. The molecular formula is C24H17I2NO4. The number of hydrogen-bond donors (Lipinski definition) is 0. The Hall–Kier alpha value is -2.40. The summed E-state index contributed by atoms with van der Waals surface area (Å²) in [5, 5.41) is 0. The molecule has 4 rings (SSSR count). The molecule has 0 amide bonds. The van der Waals surface area contributed by atoms with E-state index in [0.29, 0.717) is 23.7 Å². The van der Waals surface area contributed by atoms with Crippen molar-refractivity contribution in [1.82, 2.24) is 0 Å². The molecule has 0 radical (unpaired) electrons. The zero-order valence-electron chi connectivity index (χ0n) is 16.5. The summed E-state index contributed by atoms with van der Waals surface area (Å²) in [6.07, 6.45) is 1.66. The lowest BCUT2D eigenvalue weighted by Crippen LogP contribution is -2.05. The Morgan fingerprint density at radius 1 is 1.00 bits per heavy atom. The third-order valence-electron chi connectivity index (χ3n) is 4.51. The topological polar surface area (TPSA) is 57.1 Å². The Kier molecular flexibility index (Phi) is 6.91. The van der Waals surface area contributed by atoms with E-state index < -0.39 is 5.97 Å². The summed E-state index contributed by atoms with van der Waals surface area (Å²) in [4.78, 5) is 16.8. The van der Waals surface area contributed by atoms with Crippen molar-refractivity contribution in [3.63, 3.8) is 0 Å². The smallest absolute Gasteiger partial charge is 0.363 e. The van der Waals surface area contributed by atoms with E-state index in [-0.39, 0.29) is 11.6 Å². The van der Waals surface area contributed by atoms with Gasteiger partial charge in [0.05, 0.1) is 7.11 Å². The van der Waals surface area contributed by atoms with Crippen molar-refractivity contribution in [3.8, 4) is 11.5 Å². The van der Waals surface area contributed by atoms with Crippen LogP contribution in [0.15, 0.2) is 77.4 Å². The highest BCUT2D eigenvalue weighted by Gasteiger charge is 2.25. The molecule has 1 heterocycles. The van der Waals surface area contributed by atoms with Crippen LogP contribution >= 0.6 is 45.2 Å². The number of benzene rings is 3. The molecule has 156 valence electrons. The molecule has 0 N–H and O–H groups in total. The predicted molar refractivity (Wildman–Crippen MR) is 136 cm³/mol. The second-order valence-corrected chi connectivity index (χ2v) is 9.13. The number of ether oxygens (including phenoxy) is 3. The van der Waals surface area contributed by atoms with Gasteiger partial charge in [-0.2, -0.15) is 0 Å². The van der Waals surface area contributed by atoms with Crippen molar-refractivity contribution >= 4 is 63.1 Å². The van der Waals surface area contributed by atoms with Gasteiger partial charge in [0.15, 0.2) is 17.2 Å². The first kappa shape index (κ1) is 21.8. The molecule has 0 aromatic heterocycles. The lowest BCUT2D eigenvalue weighted by Gasteiger charge is -2.13. The number of methoxy groups -OCH3 is 1. The zero-order valence-corrected chi connectivity index (χ0v) is 20.8. The molecule has 1 aliphatic heterocycles. The monoisotopic (exact) mass is 637 g/mol. The Bertz CT molecular complexity index is 1190. The van der Waals surface area contributed by atoms with Gasteiger partial charge in [0.1, 0.15) is 6.61 Å². The molecule has 1 aliphatic rings. The lowest BCUT2D eigenvalue weighted by atomic mass is 10.1. The quantitative estimate of drug-likeness (QED) is 0.194. The van der Waals surface area contributed by atoms with Crippen LogP contribution in [0.4, 0.5) is 0 Å². The number of carbonyl (C=O) groups is 1. The molecule has 0 aliphatic carbocycles. The number of aliphatic imine (C=N–C) groups is 1. The first-order valence-corrected chi connectivity index (χ1v) is 11.5. The van der Waals surface area contributed by atoms with Gasteiger partial charge in [0.2, 0.25) is 5.90 Å². The predicted octanol–water partition coefficient (Wildman–Crippen LogP) is 5.83. The second kappa shape index (κ2) is 9.82. The summed E-state index contributed by atoms with van der Waals surface area (Å²) in [7, 11) is 1.58. The minimum Gasteiger partial charge on any atom is -0.493 e. The molecular weight excluding hydrogens is 620 g/mol. The van der Waals surface area contributed by atoms with Crippen LogP contribution in [0.1, 0.15) is 16.7 Å². The van der Waals surface area contributed by atoms with Gasteiger partial charge in [-0.3, -0.25) is 0 Å². The van der Waals surface area contributed by atoms with Crippen LogP contribution in [0.2, 0.25) is 0 Å². The van der Waals surface area contributed by atoms with Gasteiger partial charge in [0, 0.05) is 18.3 Å². The molecule has 0 saturated heterocycles. The maximum absolute atomic E-state index is 12.4. The first-order valence-electron chi connectivity index (χ1n) is 9.36. The molecule has 0 atom stereocenters. The van der Waals surface area contributed by atoms with Crippen molar-refractivity contribution < 1.29 is 19.0 Å². The fourth-order valence-electron chi connectivity index (χ4n) is 3.02. The van der Waals surface area contributed by atoms with Crippen LogP contribution in [0.25, 0.3) is 6.08 Å². The van der Waals surface area contributed by atoms with E-state index in [4.69, 9.17) is 14.2 Å². The highest BCUT2D eigenvalue weighted by Crippen LogP contribution is 2.34. The van der Waals surface area contributed by atoms with E-state index in [2.05, 4.69) is 56.2 Å². The van der Waals surface area contributed by atoms with Gasteiger partial charge in [-0.25, -0.2) is 9.79 Å². The molecule has 0 saturated carbocycles. The summed E-state index contributed by atoms with van der Waals surface area (Å²) < 4.78 is 19.2. The maximum Gasteiger partial charge on any atom is 0.363 e. The molecule has 7 heteroatoms. The maximum atomic E-state index is 12.4. The van der Waals surface area contributed by atoms with Crippen molar-refractivity contribution in [2.45, 2.75) is 6.61 Å². The fraction of sp³-hybridized carbons (Fsp3) is 0.0833. The molecule has 5 nitrogen and oxygen atoms in total. The molecule has 0 fully saturated rings. The largest absolute Gasteiger partial charge is 0.493 e. The number of rotatable bonds is 6. The Balaban J connectivity index is 1.65. The van der Waals surface area contributed by atoms with E-state index in [1.165, 1.54) is 0 Å². The number of hydrogen-bond acceptors (Lipinski definition) is 5. The normalized spacial score (nSPS) is 14.4. The summed E-state index contributed by atoms with van der Waals surface area (Å²) in [6, 6.07) is 21.2. The third-order valence-corrected chi connectivity index (χ3v) is 5.90. The number of nitrogens with zero attached hydrogens (tertiary/aromatic N) is 1. The van der Waals surface area contributed by atoms with Crippen molar-refractivity contribution in [3.05, 3.63) is 96.3 Å². The van der Waals surface area contributed by atoms with E-state index in [1.54, 1.807) is 13.2 Å². The fourth-order valence-corrected chi connectivity index (χ4v) is 3.98. The molecule has 3 aromatic carbocycles. The van der Waals surface area contributed by atoms with Gasteiger partial charge in [-0.1, -0.05) is 24.3 Å². The van der Waals surface area contributed by atoms with Gasteiger partial charge in [0.25, 0.3) is 0 Å². The Labute approximate surface area is 207 Å². The van der Waals surface area contributed by atoms with E-state index in [0.717, 1.165) is 18.3 Å². The van der Waals surface area contributed by atoms with Gasteiger partial charge in [-0.05, 0) is 99.3 Å². The average molecular weight is 637 g/mol. The molecule has 3 aromatic rings. The van der Waals surface area contributed by atoms with E-state index in [1.807, 2.05) is 60.7 Å². The van der Waals surface area contributed by atoms with Crippen LogP contribution in [0, 0.1) is 7.14 Å². The summed E-state index contributed by atoms with van der Waals surface area (Å²) in [6.45, 7) is 0.370. The lowest BCUT2D eigenvalue weighted by molar-refractivity contribution is -0.129. The van der Waals surface area contributed by atoms with Crippen molar-refractivity contribution in [2.75, 3.05) is 7.11 Å². The van der Waals surface area contributed by atoms with Crippen LogP contribution in [0.5, 0.6) is 11.5 Å². The third kappa shape index (κ3) is 5.27. The van der Waals surface area contributed by atoms with Crippen LogP contribution in [-0.4, -0.2) is 19.0 Å². The number of para-hydroxylation sites is 1. The van der Waals surface area contributed by atoms with Crippen LogP contribution < -0.4 is 9.47 Å². The number of carbonyl (C=O) groups excluding carboxylic acids is 1. The van der Waals surface area contributed by atoms with Gasteiger partial charge >= 0.3 is 5.97 Å². The zero-order chi connectivity index (χ0) is 21.8. The van der Waals surface area contributed by atoms with E-state index >= 15 is 0 Å². The van der Waals surface area contributed by atoms with Crippen LogP contribution in [0.3, 0.4) is 0 Å². The summed E-state index contributed by atoms with van der Waals surface area (Å²) in [5.74, 6) is 0.909. The molecule has 0 unspecified atom stereocenters. The van der Waals surface area contributed by atoms with Crippen molar-refractivity contribution in [2.24, 2.45) is 4.99 Å². The first-order chi connectivity index (χ1) is 15.0. The summed E-state index contributed by atoms with van der Waals surface area (Å²) in [5.41, 5.74) is 2.68. The van der Waals surface area contributed by atoms with E-state index in [9.17, 15) is 4.79 Å². The minimum atomic E-state index is -0.500. The highest BCUT2D eigenvalue weighted by molar-refractivity contribution is 14.1. The standard InChI is InChI=1S/C24H17I2NO4/c1-29-21-7-3-5-17(22(21)30-14-15-4-2-6-19(26)12-15)13-20-24(28)31-23(27-20)16-8-10-18(25)11-9-16/h2-13H,14H2,1H3/b20-13-.